The van der Waals surface area contributed by atoms with Gasteiger partial charge >= 0.3 is 0 Å². The van der Waals surface area contributed by atoms with Gasteiger partial charge in [0, 0.05) is 51.4 Å². The van der Waals surface area contributed by atoms with E-state index in [1.165, 1.54) is 0 Å². The van der Waals surface area contributed by atoms with Crippen molar-refractivity contribution in [3.63, 3.8) is 0 Å². The molecule has 0 fully saturated rings. The molecule has 1 nitrogen and oxygen atoms in total. The van der Waals surface area contributed by atoms with Gasteiger partial charge in [-0.1, -0.05) is 0 Å². The van der Waals surface area contributed by atoms with Crippen molar-refractivity contribution >= 4 is 64.0 Å². The van der Waals surface area contributed by atoms with Gasteiger partial charge in [-0.25, -0.2) is 0 Å². The van der Waals surface area contributed by atoms with E-state index < -0.39 is 0 Å². The summed E-state index contributed by atoms with van der Waals surface area (Å²) in [6.45, 7) is 2.04. The van der Waals surface area contributed by atoms with Crippen LogP contribution in [0.3, 0.4) is 0 Å². The zero-order valence-electron chi connectivity index (χ0n) is 3.65. The van der Waals surface area contributed by atoms with E-state index >= 15 is 0 Å². The van der Waals surface area contributed by atoms with Gasteiger partial charge in [-0.05, 0) is 19.6 Å². The van der Waals surface area contributed by atoms with Crippen molar-refractivity contribution in [1.82, 2.24) is 0 Å². The van der Waals surface area contributed by atoms with Crippen LogP contribution in [0.25, 0.3) is 0 Å². The Hall–Kier alpha value is 1.95. The minimum absolute atomic E-state index is 0. The fraction of sp³-hybridized carbons (Fsp3) is 1.00. The van der Waals surface area contributed by atoms with Crippen LogP contribution < -0.4 is 0 Å². The van der Waals surface area contributed by atoms with Gasteiger partial charge in [0.15, 0.2) is 0 Å². The van der Waals surface area contributed by atoms with Crippen molar-refractivity contribution in [2.45, 2.75) is 6.92 Å². The van der Waals surface area contributed by atoms with Gasteiger partial charge in [0.2, 0.25) is 0 Å². The molecule has 1 radical (unpaired) electrons. The van der Waals surface area contributed by atoms with Crippen LogP contribution in [0.2, 0.25) is 0 Å². The molecule has 0 heterocycles. The number of rotatable bonds is 0. The van der Waals surface area contributed by atoms with E-state index in [2.05, 4.69) is 12.6 Å². The van der Waals surface area contributed by atoms with Crippen LogP contribution in [-0.2, 0) is 12.6 Å². The van der Waals surface area contributed by atoms with E-state index in [1.807, 2.05) is 6.92 Å². The molecule has 0 rings (SSSR count). The normalized spacial score (nSPS) is 3.60. The van der Waals surface area contributed by atoms with Crippen LogP contribution in [0.15, 0.2) is 0 Å². The third-order valence-corrected chi connectivity index (χ3v) is 0. The zero-order valence-corrected chi connectivity index (χ0v) is 7.78. The Kier molecular flexibility index (Phi) is 52.9. The van der Waals surface area contributed by atoms with Gasteiger partial charge in [-0.15, -0.1) is 0 Å². The van der Waals surface area contributed by atoms with Crippen molar-refractivity contribution < 1.29 is 5.48 Å². The SMILES string of the molecule is CC[SH2+].[K].[OH-]. The average molecular weight is 119 g/mol. The maximum absolute atomic E-state index is 3.18. The maximum atomic E-state index is 3.18. The Labute approximate surface area is 80.7 Å². The Morgan fingerprint density at radius 1 is 1.60 bits per heavy atom. The topological polar surface area (TPSA) is 30.0 Å². The maximum Gasteiger partial charge on any atom is 0.100 e. The number of hydrogen-bond donors (Lipinski definition) is 0. The van der Waals surface area contributed by atoms with E-state index in [9.17, 15) is 0 Å². The molecule has 0 saturated carbocycles. The molecule has 0 saturated heterocycles. The van der Waals surface area contributed by atoms with Gasteiger partial charge < -0.3 is 5.48 Å². The summed E-state index contributed by atoms with van der Waals surface area (Å²) in [5.74, 6) is 1.06. The zero-order chi connectivity index (χ0) is 2.71. The molecule has 0 amide bonds. The first-order valence-corrected chi connectivity index (χ1v) is 1.77. The summed E-state index contributed by atoms with van der Waals surface area (Å²) in [5.41, 5.74) is 0. The van der Waals surface area contributed by atoms with Gasteiger partial charge in [0.25, 0.3) is 0 Å². The molecular weight excluding hydrogens is 111 g/mol. The molecule has 0 spiro atoms. The minimum Gasteiger partial charge on any atom is -0.870 e. The average Bonchev–Trinajstić information content (AvgIpc) is 0.918. The molecular formula is C2H8KOS. The van der Waals surface area contributed by atoms with Crippen molar-refractivity contribution in [3.05, 3.63) is 0 Å². The molecule has 29 valence electrons. The third kappa shape index (κ3) is 24.4. The molecule has 0 aliphatic heterocycles. The number of hydrogen-bond acceptors (Lipinski definition) is 1. The summed E-state index contributed by atoms with van der Waals surface area (Å²) in [6.07, 6.45) is 0. The molecule has 0 aliphatic carbocycles. The predicted molar refractivity (Wildman–Crippen MR) is 28.4 cm³/mol. The first-order valence-electron chi connectivity index (χ1n) is 1.06. The van der Waals surface area contributed by atoms with E-state index in [0.717, 1.165) is 5.75 Å². The minimum atomic E-state index is 0. The van der Waals surface area contributed by atoms with Crippen LogP contribution in [0.1, 0.15) is 6.92 Å². The van der Waals surface area contributed by atoms with Gasteiger partial charge in [-0.3, -0.25) is 0 Å². The molecule has 3 heteroatoms. The smallest absolute Gasteiger partial charge is 0.100 e. The van der Waals surface area contributed by atoms with Crippen molar-refractivity contribution in [3.8, 4) is 0 Å². The second-order valence-corrected chi connectivity index (χ2v) is 1.06. The standard InChI is InChI=1S/C2H6S.K.H2O/c1-2-3;;/h3H,2H2,1H3;;1H2. The molecule has 0 aromatic heterocycles. The summed E-state index contributed by atoms with van der Waals surface area (Å²) >= 11 is 3.18. The predicted octanol–water partition coefficient (Wildman–Crippen LogP) is -0.540. The molecule has 0 aromatic carbocycles. The summed E-state index contributed by atoms with van der Waals surface area (Å²) in [5, 5.41) is 0. The molecule has 1 N–H and O–H groups in total. The molecule has 0 bridgehead atoms. The molecule has 0 aromatic rings. The van der Waals surface area contributed by atoms with Crippen LogP contribution in [-0.4, -0.2) is 62.6 Å². The van der Waals surface area contributed by atoms with E-state index in [4.69, 9.17) is 0 Å². The fourth-order valence-electron chi connectivity index (χ4n) is 0. The van der Waals surface area contributed by atoms with Crippen LogP contribution in [0, 0.1) is 0 Å². The summed E-state index contributed by atoms with van der Waals surface area (Å²) in [6, 6.07) is 0. The van der Waals surface area contributed by atoms with Crippen molar-refractivity contribution in [2.75, 3.05) is 5.75 Å². The summed E-state index contributed by atoms with van der Waals surface area (Å²) in [4.78, 5) is 0. The fourth-order valence-corrected chi connectivity index (χ4v) is 0. The molecule has 5 heavy (non-hydrogen) atoms. The summed E-state index contributed by atoms with van der Waals surface area (Å²) < 4.78 is 0. The molecule has 0 unspecified atom stereocenters. The van der Waals surface area contributed by atoms with Gasteiger partial charge in [0.1, 0.15) is 5.75 Å². The second-order valence-electron chi connectivity index (χ2n) is 0.354. The van der Waals surface area contributed by atoms with Crippen molar-refractivity contribution in [1.29, 1.82) is 0 Å². The van der Waals surface area contributed by atoms with Crippen LogP contribution in [0.5, 0.6) is 0 Å². The quantitative estimate of drug-likeness (QED) is 0.311. The van der Waals surface area contributed by atoms with Crippen LogP contribution in [0.4, 0.5) is 0 Å². The van der Waals surface area contributed by atoms with Crippen LogP contribution >= 0.6 is 0 Å². The Morgan fingerprint density at radius 2 is 1.60 bits per heavy atom. The summed E-state index contributed by atoms with van der Waals surface area (Å²) in [7, 11) is 0. The first-order chi connectivity index (χ1) is 1.41. The van der Waals surface area contributed by atoms with Crippen molar-refractivity contribution in [2.24, 2.45) is 0 Å². The molecule has 0 aliphatic rings. The van der Waals surface area contributed by atoms with E-state index in [0.29, 0.717) is 0 Å². The second kappa shape index (κ2) is 16.8. The molecule has 0 atom stereocenters. The Morgan fingerprint density at radius 3 is 1.60 bits per heavy atom. The van der Waals surface area contributed by atoms with E-state index in [1.54, 1.807) is 0 Å². The first kappa shape index (κ1) is 15.8. The van der Waals surface area contributed by atoms with E-state index in [-0.39, 0.29) is 56.9 Å². The Balaban J connectivity index is -0.0000000200. The third-order valence-electron chi connectivity index (χ3n) is 0. The monoisotopic (exact) mass is 119 g/mol. The Bertz CT molecular complexity index is 9.61. The largest absolute Gasteiger partial charge is 0.870 e. The van der Waals surface area contributed by atoms with Gasteiger partial charge in [-0.2, -0.15) is 0 Å². The van der Waals surface area contributed by atoms with Gasteiger partial charge in [0.05, 0.1) is 0 Å².